The fraction of sp³-hybridized carbons (Fsp3) is 0.0625. The van der Waals surface area contributed by atoms with Crippen molar-refractivity contribution < 1.29 is 18.7 Å². The summed E-state index contributed by atoms with van der Waals surface area (Å²) in [5.74, 6) is -1.03. The predicted octanol–water partition coefficient (Wildman–Crippen LogP) is 3.23. The number of aromatic nitrogens is 1. The second-order valence-corrected chi connectivity index (χ2v) is 5.88. The van der Waals surface area contributed by atoms with Crippen LogP contribution in [-0.2, 0) is 9.53 Å². The lowest BCUT2D eigenvalue weighted by Gasteiger charge is -2.07. The third-order valence-corrected chi connectivity index (χ3v) is 3.76. The molecule has 1 amide bonds. The Morgan fingerprint density at radius 3 is 2.74 bits per heavy atom. The molecule has 0 saturated heterocycles. The maximum Gasteiger partial charge on any atom is 0.340 e. The lowest BCUT2D eigenvalue weighted by Crippen LogP contribution is -2.21. The zero-order chi connectivity index (χ0) is 16.2. The number of nitrogens with zero attached hydrogens (tertiary/aromatic N) is 1. The zero-order valence-electron chi connectivity index (χ0n) is 11.8. The molecule has 0 aliphatic rings. The van der Waals surface area contributed by atoms with Gasteiger partial charge in [-0.15, -0.1) is 0 Å². The first-order valence-electron chi connectivity index (χ1n) is 6.68. The highest BCUT2D eigenvalue weighted by atomic mass is 127. The normalized spacial score (nSPS) is 10.5. The first-order valence-corrected chi connectivity index (χ1v) is 7.76. The van der Waals surface area contributed by atoms with Crippen molar-refractivity contribution in [1.82, 2.24) is 4.98 Å². The molecule has 6 nitrogen and oxygen atoms in total. The Labute approximate surface area is 145 Å². The smallest absolute Gasteiger partial charge is 0.340 e. The third-order valence-electron chi connectivity index (χ3n) is 3.04. The van der Waals surface area contributed by atoms with E-state index in [0.29, 0.717) is 16.8 Å². The number of carbonyl (C=O) groups excluding carboxylic acids is 2. The summed E-state index contributed by atoms with van der Waals surface area (Å²) in [6, 6.07) is 12.2. The molecule has 0 bridgehead atoms. The summed E-state index contributed by atoms with van der Waals surface area (Å²) in [4.78, 5) is 27.9. The summed E-state index contributed by atoms with van der Waals surface area (Å²) in [5, 5.41) is 2.65. The molecule has 23 heavy (non-hydrogen) atoms. The minimum Gasteiger partial charge on any atom is -0.452 e. The number of anilines is 1. The van der Waals surface area contributed by atoms with E-state index in [0.717, 1.165) is 3.57 Å². The summed E-state index contributed by atoms with van der Waals surface area (Å²) < 4.78 is 11.2. The largest absolute Gasteiger partial charge is 0.452 e. The molecule has 2 aromatic carbocycles. The molecular formula is C16H11IN2O4. The van der Waals surface area contributed by atoms with Crippen LogP contribution >= 0.6 is 22.6 Å². The molecule has 0 radical (unpaired) electrons. The number of benzene rings is 2. The van der Waals surface area contributed by atoms with E-state index in [9.17, 15) is 9.59 Å². The van der Waals surface area contributed by atoms with Gasteiger partial charge >= 0.3 is 5.97 Å². The summed E-state index contributed by atoms with van der Waals surface area (Å²) in [7, 11) is 0. The molecule has 0 saturated carbocycles. The average Bonchev–Trinajstić information content (AvgIpc) is 3.03. The van der Waals surface area contributed by atoms with Gasteiger partial charge in [0.15, 0.2) is 18.6 Å². The Bertz CT molecular complexity index is 858. The highest BCUT2D eigenvalue weighted by Gasteiger charge is 2.15. The van der Waals surface area contributed by atoms with Crippen LogP contribution in [0.1, 0.15) is 10.4 Å². The molecule has 0 unspecified atom stereocenters. The van der Waals surface area contributed by atoms with Gasteiger partial charge in [-0.25, -0.2) is 9.78 Å². The molecule has 3 aromatic rings. The number of ether oxygens (including phenoxy) is 1. The predicted molar refractivity (Wildman–Crippen MR) is 92.1 cm³/mol. The van der Waals surface area contributed by atoms with E-state index in [-0.39, 0.29) is 12.2 Å². The fourth-order valence-corrected chi connectivity index (χ4v) is 2.35. The van der Waals surface area contributed by atoms with Crippen LogP contribution in [-0.4, -0.2) is 23.5 Å². The van der Waals surface area contributed by atoms with Gasteiger partial charge in [0.25, 0.3) is 5.91 Å². The topological polar surface area (TPSA) is 81.4 Å². The van der Waals surface area contributed by atoms with Crippen molar-refractivity contribution in [3.8, 4) is 0 Å². The van der Waals surface area contributed by atoms with E-state index in [1.807, 2.05) is 12.1 Å². The maximum atomic E-state index is 12.1. The highest BCUT2D eigenvalue weighted by Crippen LogP contribution is 2.17. The first kappa shape index (κ1) is 15.5. The SMILES string of the molecule is O=C(COC(=O)c1cccc2ocnc12)Nc1ccc(I)cc1. The van der Waals surface area contributed by atoms with Gasteiger partial charge in [-0.1, -0.05) is 6.07 Å². The molecular weight excluding hydrogens is 411 g/mol. The molecule has 7 heteroatoms. The van der Waals surface area contributed by atoms with Crippen LogP contribution < -0.4 is 5.32 Å². The van der Waals surface area contributed by atoms with Gasteiger partial charge in [0.2, 0.25) is 0 Å². The minimum absolute atomic E-state index is 0.262. The van der Waals surface area contributed by atoms with Gasteiger partial charge in [-0.3, -0.25) is 4.79 Å². The number of carbonyl (C=O) groups is 2. The second kappa shape index (κ2) is 6.78. The minimum atomic E-state index is -0.623. The van der Waals surface area contributed by atoms with Crippen molar-refractivity contribution in [3.05, 3.63) is 58.0 Å². The Morgan fingerprint density at radius 2 is 1.96 bits per heavy atom. The molecule has 0 atom stereocenters. The zero-order valence-corrected chi connectivity index (χ0v) is 13.9. The first-order chi connectivity index (χ1) is 11.1. The van der Waals surface area contributed by atoms with Crippen molar-refractivity contribution >= 4 is 51.3 Å². The number of oxazole rings is 1. The summed E-state index contributed by atoms with van der Waals surface area (Å²) >= 11 is 2.17. The number of halogens is 1. The Morgan fingerprint density at radius 1 is 1.17 bits per heavy atom. The highest BCUT2D eigenvalue weighted by molar-refractivity contribution is 14.1. The number of hydrogen-bond acceptors (Lipinski definition) is 5. The molecule has 1 N–H and O–H groups in total. The van der Waals surface area contributed by atoms with Crippen LogP contribution in [0.5, 0.6) is 0 Å². The van der Waals surface area contributed by atoms with Gasteiger partial charge in [0.1, 0.15) is 5.52 Å². The van der Waals surface area contributed by atoms with Gasteiger partial charge in [0, 0.05) is 9.26 Å². The molecule has 0 aliphatic carbocycles. The molecule has 0 fully saturated rings. The Balaban J connectivity index is 1.61. The molecule has 116 valence electrons. The van der Waals surface area contributed by atoms with Crippen LogP contribution in [0.2, 0.25) is 0 Å². The number of rotatable bonds is 4. The van der Waals surface area contributed by atoms with E-state index in [2.05, 4.69) is 32.9 Å². The van der Waals surface area contributed by atoms with E-state index in [1.165, 1.54) is 6.39 Å². The number of amides is 1. The number of para-hydroxylation sites is 1. The van der Waals surface area contributed by atoms with Gasteiger partial charge in [-0.2, -0.15) is 0 Å². The summed E-state index contributed by atoms with van der Waals surface area (Å²) in [6.45, 7) is -0.376. The van der Waals surface area contributed by atoms with Crippen LogP contribution in [0.4, 0.5) is 5.69 Å². The van der Waals surface area contributed by atoms with E-state index in [4.69, 9.17) is 9.15 Å². The van der Waals surface area contributed by atoms with Crippen molar-refractivity contribution in [2.24, 2.45) is 0 Å². The van der Waals surface area contributed by atoms with Gasteiger partial charge < -0.3 is 14.5 Å². The van der Waals surface area contributed by atoms with Crippen molar-refractivity contribution in [2.75, 3.05) is 11.9 Å². The maximum absolute atomic E-state index is 12.1. The van der Waals surface area contributed by atoms with Crippen LogP contribution in [0.15, 0.2) is 53.3 Å². The second-order valence-electron chi connectivity index (χ2n) is 4.64. The third kappa shape index (κ3) is 3.67. The van der Waals surface area contributed by atoms with Crippen LogP contribution in [0.25, 0.3) is 11.1 Å². The monoisotopic (exact) mass is 422 g/mol. The van der Waals surface area contributed by atoms with E-state index in [1.54, 1.807) is 30.3 Å². The number of nitrogens with one attached hydrogen (secondary N) is 1. The van der Waals surface area contributed by atoms with Crippen LogP contribution in [0, 0.1) is 3.57 Å². The summed E-state index contributed by atoms with van der Waals surface area (Å²) in [6.07, 6.45) is 1.25. The Kier molecular flexibility index (Phi) is 4.56. The van der Waals surface area contributed by atoms with Gasteiger partial charge in [0.05, 0.1) is 5.56 Å². The van der Waals surface area contributed by atoms with Crippen molar-refractivity contribution in [2.45, 2.75) is 0 Å². The van der Waals surface area contributed by atoms with Crippen molar-refractivity contribution in [1.29, 1.82) is 0 Å². The molecule has 0 spiro atoms. The van der Waals surface area contributed by atoms with E-state index >= 15 is 0 Å². The molecule has 1 heterocycles. The quantitative estimate of drug-likeness (QED) is 0.516. The molecule has 0 aliphatic heterocycles. The van der Waals surface area contributed by atoms with Crippen molar-refractivity contribution in [3.63, 3.8) is 0 Å². The number of esters is 1. The standard InChI is InChI=1S/C16H11IN2O4/c17-10-4-6-11(7-5-10)19-14(20)8-22-16(21)12-2-1-3-13-15(12)18-9-23-13/h1-7,9H,8H2,(H,19,20). The lowest BCUT2D eigenvalue weighted by molar-refractivity contribution is -0.119. The number of fused-ring (bicyclic) bond motifs is 1. The Hall–Kier alpha value is -2.42. The fourth-order valence-electron chi connectivity index (χ4n) is 1.99. The number of hydrogen-bond donors (Lipinski definition) is 1. The van der Waals surface area contributed by atoms with Gasteiger partial charge in [-0.05, 0) is 59.0 Å². The molecule has 1 aromatic heterocycles. The molecule has 3 rings (SSSR count). The lowest BCUT2D eigenvalue weighted by atomic mass is 10.2. The van der Waals surface area contributed by atoms with E-state index < -0.39 is 11.9 Å². The summed E-state index contributed by atoms with van der Waals surface area (Å²) in [5.41, 5.74) is 1.81. The average molecular weight is 422 g/mol. The van der Waals surface area contributed by atoms with Crippen LogP contribution in [0.3, 0.4) is 0 Å².